The largest absolute Gasteiger partial charge is 0.480 e. The Morgan fingerprint density at radius 2 is 1.57 bits per heavy atom. The topological polar surface area (TPSA) is 95.9 Å². The summed E-state index contributed by atoms with van der Waals surface area (Å²) in [6.45, 7) is 1.11. The third kappa shape index (κ3) is 4.64. The van der Waals surface area contributed by atoms with Gasteiger partial charge >= 0.3 is 12.1 Å². The van der Waals surface area contributed by atoms with Gasteiger partial charge in [-0.1, -0.05) is 61.4 Å². The number of alkyl carbamates (subject to hydrolysis) is 1. The first-order valence-corrected chi connectivity index (χ1v) is 12.7. The van der Waals surface area contributed by atoms with Gasteiger partial charge in [-0.05, 0) is 53.9 Å². The minimum Gasteiger partial charge on any atom is -0.480 e. The van der Waals surface area contributed by atoms with Gasteiger partial charge in [0.05, 0.1) is 0 Å². The van der Waals surface area contributed by atoms with E-state index in [9.17, 15) is 19.5 Å². The fraction of sp³-hybridized carbons (Fsp3) is 0.464. The first-order valence-electron chi connectivity index (χ1n) is 12.7. The van der Waals surface area contributed by atoms with E-state index in [-0.39, 0.29) is 30.3 Å². The van der Waals surface area contributed by atoms with E-state index >= 15 is 0 Å². The van der Waals surface area contributed by atoms with Gasteiger partial charge in [0.15, 0.2) is 0 Å². The van der Waals surface area contributed by atoms with E-state index in [2.05, 4.69) is 29.6 Å². The molecular weight excluding hydrogens is 444 g/mol. The number of hydrogen-bond donors (Lipinski definition) is 2. The van der Waals surface area contributed by atoms with Crippen molar-refractivity contribution in [2.24, 2.45) is 11.8 Å². The van der Waals surface area contributed by atoms with E-state index in [4.69, 9.17) is 4.74 Å². The molecule has 0 unspecified atom stereocenters. The zero-order valence-corrected chi connectivity index (χ0v) is 19.8. The van der Waals surface area contributed by atoms with Crippen molar-refractivity contribution in [3.63, 3.8) is 0 Å². The molecule has 3 atom stereocenters. The van der Waals surface area contributed by atoms with Crippen LogP contribution in [0.5, 0.6) is 0 Å². The van der Waals surface area contributed by atoms with Crippen LogP contribution in [0.4, 0.5) is 4.79 Å². The van der Waals surface area contributed by atoms with Gasteiger partial charge in [-0.3, -0.25) is 4.79 Å². The molecule has 184 valence electrons. The summed E-state index contributed by atoms with van der Waals surface area (Å²) >= 11 is 0. The van der Waals surface area contributed by atoms with Gasteiger partial charge < -0.3 is 20.1 Å². The highest BCUT2D eigenvalue weighted by molar-refractivity contribution is 5.86. The SMILES string of the molecule is O=C(NC[C@@H]1CCCC[C@@H]1C(=O)N1CCC[C@H]1C(=O)O)OCC1c2ccccc2-c2ccccc21. The van der Waals surface area contributed by atoms with Crippen molar-refractivity contribution >= 4 is 18.0 Å². The number of nitrogens with one attached hydrogen (secondary N) is 1. The van der Waals surface area contributed by atoms with Crippen LogP contribution in [0.15, 0.2) is 48.5 Å². The lowest BCUT2D eigenvalue weighted by atomic mass is 9.78. The Labute approximate surface area is 205 Å². The van der Waals surface area contributed by atoms with Gasteiger partial charge in [0, 0.05) is 24.9 Å². The van der Waals surface area contributed by atoms with Crippen LogP contribution in [0.1, 0.15) is 55.6 Å². The van der Waals surface area contributed by atoms with Crippen molar-refractivity contribution in [1.29, 1.82) is 0 Å². The van der Waals surface area contributed by atoms with E-state index in [1.807, 2.05) is 24.3 Å². The van der Waals surface area contributed by atoms with Crippen molar-refractivity contribution in [2.75, 3.05) is 19.7 Å². The van der Waals surface area contributed by atoms with Crippen LogP contribution >= 0.6 is 0 Å². The number of aliphatic carboxylic acids is 1. The summed E-state index contributed by atoms with van der Waals surface area (Å²) in [6, 6.07) is 15.7. The third-order valence-corrected chi connectivity index (χ3v) is 7.90. The van der Waals surface area contributed by atoms with Crippen LogP contribution < -0.4 is 5.32 Å². The Morgan fingerprint density at radius 3 is 2.26 bits per heavy atom. The molecule has 3 aliphatic rings. The Morgan fingerprint density at radius 1 is 0.914 bits per heavy atom. The molecule has 2 fully saturated rings. The van der Waals surface area contributed by atoms with Crippen LogP contribution in [0.25, 0.3) is 11.1 Å². The molecule has 2 aromatic rings. The Hall–Kier alpha value is -3.35. The molecule has 0 spiro atoms. The average molecular weight is 477 g/mol. The Balaban J connectivity index is 1.19. The maximum absolute atomic E-state index is 13.2. The number of carbonyl (C=O) groups is 3. The van der Waals surface area contributed by atoms with E-state index in [0.717, 1.165) is 43.2 Å². The monoisotopic (exact) mass is 476 g/mol. The molecule has 0 bridgehead atoms. The number of hydrogen-bond acceptors (Lipinski definition) is 4. The normalized spacial score (nSPS) is 23.4. The Bertz CT molecular complexity index is 1070. The van der Waals surface area contributed by atoms with Crippen LogP contribution in [-0.2, 0) is 14.3 Å². The first kappa shape index (κ1) is 23.4. The summed E-state index contributed by atoms with van der Waals surface area (Å²) in [5.41, 5.74) is 4.69. The summed E-state index contributed by atoms with van der Waals surface area (Å²) < 4.78 is 5.65. The van der Waals surface area contributed by atoms with Gasteiger partial charge in [-0.2, -0.15) is 0 Å². The molecular formula is C28H32N2O5. The predicted molar refractivity (Wildman–Crippen MR) is 131 cm³/mol. The number of benzene rings is 2. The second-order valence-corrected chi connectivity index (χ2v) is 9.89. The lowest BCUT2D eigenvalue weighted by molar-refractivity contribution is -0.151. The summed E-state index contributed by atoms with van der Waals surface area (Å²) in [6.07, 6.45) is 4.28. The summed E-state index contributed by atoms with van der Waals surface area (Å²) in [5, 5.41) is 12.4. The number of amides is 2. The Kier molecular flexibility index (Phi) is 6.75. The molecule has 1 heterocycles. The van der Waals surface area contributed by atoms with Crippen LogP contribution in [-0.4, -0.2) is 53.7 Å². The van der Waals surface area contributed by atoms with Gasteiger partial charge in [-0.25, -0.2) is 9.59 Å². The zero-order valence-electron chi connectivity index (χ0n) is 19.8. The third-order valence-electron chi connectivity index (χ3n) is 7.90. The number of rotatable bonds is 6. The number of carboxylic acids is 1. The lowest BCUT2D eigenvalue weighted by Crippen LogP contribution is -2.47. The van der Waals surface area contributed by atoms with E-state index in [0.29, 0.717) is 19.5 Å². The minimum absolute atomic E-state index is 0.000255. The number of carboxylic acid groups (broad SMARTS) is 1. The number of likely N-dealkylation sites (tertiary alicyclic amines) is 1. The summed E-state index contributed by atoms with van der Waals surface area (Å²) in [7, 11) is 0. The van der Waals surface area contributed by atoms with E-state index in [1.54, 1.807) is 4.90 Å². The first-order chi connectivity index (χ1) is 17.0. The van der Waals surface area contributed by atoms with Gasteiger partial charge in [0.25, 0.3) is 0 Å². The summed E-state index contributed by atoms with van der Waals surface area (Å²) in [4.78, 5) is 39.0. The average Bonchev–Trinajstić information content (AvgIpc) is 3.50. The van der Waals surface area contributed by atoms with Crippen molar-refractivity contribution in [3.05, 3.63) is 59.7 Å². The van der Waals surface area contributed by atoms with E-state index < -0.39 is 18.1 Å². The maximum Gasteiger partial charge on any atom is 0.407 e. The number of nitrogens with zero attached hydrogens (tertiary/aromatic N) is 1. The fourth-order valence-corrected chi connectivity index (χ4v) is 6.14. The molecule has 0 radical (unpaired) electrons. The molecule has 7 heteroatoms. The second kappa shape index (κ2) is 10.1. The minimum atomic E-state index is -0.931. The highest BCUT2D eigenvalue weighted by atomic mass is 16.5. The van der Waals surface area contributed by atoms with Gasteiger partial charge in [0.2, 0.25) is 5.91 Å². The fourth-order valence-electron chi connectivity index (χ4n) is 6.14. The van der Waals surface area contributed by atoms with Crippen LogP contribution in [0.3, 0.4) is 0 Å². The molecule has 2 amide bonds. The molecule has 1 saturated heterocycles. The smallest absolute Gasteiger partial charge is 0.407 e. The standard InChI is InChI=1S/C28H32N2O5/c31-26(30-15-7-14-25(30)27(32)33)19-9-2-1-8-18(19)16-29-28(34)35-17-24-22-12-5-3-10-20(22)21-11-4-6-13-23(21)24/h3-6,10-13,18-19,24-25H,1-2,7-9,14-17H2,(H,29,34)(H,32,33)/t18-,19-,25-/m0/s1. The number of carbonyl (C=O) groups excluding carboxylic acids is 2. The van der Waals surface area contributed by atoms with Crippen LogP contribution in [0.2, 0.25) is 0 Å². The highest BCUT2D eigenvalue weighted by Gasteiger charge is 2.40. The molecule has 2 aromatic carbocycles. The lowest BCUT2D eigenvalue weighted by Gasteiger charge is -2.34. The van der Waals surface area contributed by atoms with Crippen molar-refractivity contribution in [2.45, 2.75) is 50.5 Å². The highest BCUT2D eigenvalue weighted by Crippen LogP contribution is 2.44. The molecule has 7 nitrogen and oxygen atoms in total. The van der Waals surface area contributed by atoms with Crippen molar-refractivity contribution in [3.8, 4) is 11.1 Å². The molecule has 2 N–H and O–H groups in total. The number of ether oxygens (including phenoxy) is 1. The summed E-state index contributed by atoms with van der Waals surface area (Å²) in [5.74, 6) is -1.27. The molecule has 0 aromatic heterocycles. The molecule has 1 aliphatic heterocycles. The molecule has 35 heavy (non-hydrogen) atoms. The van der Waals surface area contributed by atoms with E-state index in [1.165, 1.54) is 11.1 Å². The second-order valence-electron chi connectivity index (χ2n) is 9.89. The van der Waals surface area contributed by atoms with Crippen molar-refractivity contribution < 1.29 is 24.2 Å². The quantitative estimate of drug-likeness (QED) is 0.644. The number of fused-ring (bicyclic) bond motifs is 3. The maximum atomic E-state index is 13.2. The molecule has 1 saturated carbocycles. The van der Waals surface area contributed by atoms with Gasteiger partial charge in [-0.15, -0.1) is 0 Å². The predicted octanol–water partition coefficient (Wildman–Crippen LogP) is 4.41. The molecule has 5 rings (SSSR count). The van der Waals surface area contributed by atoms with Gasteiger partial charge in [0.1, 0.15) is 12.6 Å². The molecule has 2 aliphatic carbocycles. The van der Waals surface area contributed by atoms with Crippen molar-refractivity contribution in [1.82, 2.24) is 10.2 Å². The zero-order chi connectivity index (χ0) is 24.4. The van der Waals surface area contributed by atoms with Crippen LogP contribution in [0, 0.1) is 11.8 Å².